The molecule has 0 saturated carbocycles. The van der Waals surface area contributed by atoms with Crippen LogP contribution >= 0.6 is 12.4 Å². The van der Waals surface area contributed by atoms with Crippen LogP contribution in [0.15, 0.2) is 30.6 Å². The molecule has 1 aliphatic rings. The Kier molecular flexibility index (Phi) is 7.50. The fraction of sp³-hybridized carbons (Fsp3) is 0.474. The van der Waals surface area contributed by atoms with Crippen LogP contribution in [0, 0.1) is 0 Å². The molecule has 1 saturated heterocycles. The maximum absolute atomic E-state index is 5.46. The van der Waals surface area contributed by atoms with Gasteiger partial charge in [0.1, 0.15) is 0 Å². The molecule has 0 aliphatic carbocycles. The molecule has 0 bridgehead atoms. The van der Waals surface area contributed by atoms with E-state index in [1.165, 1.54) is 0 Å². The minimum Gasteiger partial charge on any atom is -0.493 e. The Bertz CT molecular complexity index is 707. The molecule has 27 heavy (non-hydrogen) atoms. The van der Waals surface area contributed by atoms with Crippen LogP contribution in [-0.2, 0) is 6.54 Å². The van der Waals surface area contributed by atoms with Crippen molar-refractivity contribution in [1.29, 1.82) is 0 Å². The Balaban J connectivity index is 0.00000261. The van der Waals surface area contributed by atoms with Crippen LogP contribution in [0.5, 0.6) is 17.2 Å². The molecule has 148 valence electrons. The standard InChI is InChI=1S/C19H26N4O3.ClH/c1-14-12-23(19-20-6-5-7-21-19)9-8-22(14)13-15-10-16(24-2)18(26-4)17(11-15)25-3;/h5-7,10-11,14H,8-9,12-13H2,1-4H3;1H. The van der Waals surface area contributed by atoms with Crippen molar-refractivity contribution < 1.29 is 14.2 Å². The molecule has 0 spiro atoms. The normalized spacial score (nSPS) is 17.2. The van der Waals surface area contributed by atoms with Gasteiger partial charge in [0.25, 0.3) is 0 Å². The second-order valence-corrected chi connectivity index (χ2v) is 6.35. The summed E-state index contributed by atoms with van der Waals surface area (Å²) < 4.78 is 16.3. The summed E-state index contributed by atoms with van der Waals surface area (Å²) >= 11 is 0. The number of piperazine rings is 1. The first-order chi connectivity index (χ1) is 12.7. The fourth-order valence-corrected chi connectivity index (χ4v) is 3.33. The van der Waals surface area contributed by atoms with E-state index < -0.39 is 0 Å². The first kappa shape index (κ1) is 21.1. The van der Waals surface area contributed by atoms with Gasteiger partial charge >= 0.3 is 0 Å². The van der Waals surface area contributed by atoms with E-state index in [1.54, 1.807) is 33.7 Å². The van der Waals surface area contributed by atoms with Crippen LogP contribution in [0.25, 0.3) is 0 Å². The summed E-state index contributed by atoms with van der Waals surface area (Å²) in [7, 11) is 4.90. The molecule has 1 fully saturated rings. The highest BCUT2D eigenvalue weighted by atomic mass is 35.5. The largest absolute Gasteiger partial charge is 0.493 e. The molecule has 1 atom stereocenters. The summed E-state index contributed by atoms with van der Waals surface area (Å²) in [4.78, 5) is 13.4. The van der Waals surface area contributed by atoms with E-state index in [9.17, 15) is 0 Å². The fourth-order valence-electron chi connectivity index (χ4n) is 3.33. The van der Waals surface area contributed by atoms with Crippen molar-refractivity contribution >= 4 is 18.4 Å². The summed E-state index contributed by atoms with van der Waals surface area (Å²) in [5.74, 6) is 2.79. The number of aromatic nitrogens is 2. The molecule has 1 aromatic carbocycles. The average molecular weight is 395 g/mol. The van der Waals surface area contributed by atoms with Gasteiger partial charge in [0.15, 0.2) is 11.5 Å². The Hall–Kier alpha value is -2.25. The minimum absolute atomic E-state index is 0. The molecule has 8 heteroatoms. The lowest BCUT2D eigenvalue weighted by atomic mass is 10.1. The molecule has 7 nitrogen and oxygen atoms in total. The van der Waals surface area contributed by atoms with Crippen LogP contribution in [-0.4, -0.2) is 61.9 Å². The number of nitrogens with zero attached hydrogens (tertiary/aromatic N) is 4. The first-order valence-electron chi connectivity index (χ1n) is 8.71. The van der Waals surface area contributed by atoms with Crippen molar-refractivity contribution in [3.63, 3.8) is 0 Å². The zero-order valence-electron chi connectivity index (χ0n) is 16.2. The van der Waals surface area contributed by atoms with E-state index in [2.05, 4.69) is 26.7 Å². The summed E-state index contributed by atoms with van der Waals surface area (Å²) in [6.07, 6.45) is 3.57. The molecule has 3 rings (SSSR count). The van der Waals surface area contributed by atoms with Crippen LogP contribution in [0.4, 0.5) is 5.95 Å². The van der Waals surface area contributed by atoms with Gasteiger partial charge in [-0.25, -0.2) is 9.97 Å². The van der Waals surface area contributed by atoms with E-state index in [0.717, 1.165) is 37.7 Å². The molecule has 2 heterocycles. The summed E-state index contributed by atoms with van der Waals surface area (Å²) in [6.45, 7) is 5.79. The molecule has 0 N–H and O–H groups in total. The molecule has 0 amide bonds. The predicted molar refractivity (Wildman–Crippen MR) is 107 cm³/mol. The lowest BCUT2D eigenvalue weighted by Crippen LogP contribution is -2.51. The summed E-state index contributed by atoms with van der Waals surface area (Å²) in [5, 5.41) is 0. The SMILES string of the molecule is COc1cc(CN2CCN(c3ncccn3)CC2C)cc(OC)c1OC.Cl. The van der Waals surface area contributed by atoms with Gasteiger partial charge in [-0.3, -0.25) is 4.90 Å². The zero-order chi connectivity index (χ0) is 18.5. The predicted octanol–water partition coefficient (Wildman–Crippen LogP) is 2.63. The van der Waals surface area contributed by atoms with Gasteiger partial charge in [-0.15, -0.1) is 12.4 Å². The monoisotopic (exact) mass is 394 g/mol. The van der Waals surface area contributed by atoms with Gasteiger partial charge in [0, 0.05) is 44.6 Å². The van der Waals surface area contributed by atoms with Crippen molar-refractivity contribution in [2.45, 2.75) is 19.5 Å². The average Bonchev–Trinajstić information content (AvgIpc) is 2.69. The van der Waals surface area contributed by atoms with Crippen molar-refractivity contribution in [3.8, 4) is 17.2 Å². The molecule has 0 radical (unpaired) electrons. The zero-order valence-corrected chi connectivity index (χ0v) is 17.0. The van der Waals surface area contributed by atoms with E-state index in [1.807, 2.05) is 18.2 Å². The molecule has 1 aromatic heterocycles. The highest BCUT2D eigenvalue weighted by molar-refractivity contribution is 5.85. The highest BCUT2D eigenvalue weighted by Crippen LogP contribution is 2.38. The van der Waals surface area contributed by atoms with Crippen LogP contribution < -0.4 is 19.1 Å². The lowest BCUT2D eigenvalue weighted by Gasteiger charge is -2.39. The number of hydrogen-bond donors (Lipinski definition) is 0. The quantitative estimate of drug-likeness (QED) is 0.746. The second-order valence-electron chi connectivity index (χ2n) is 6.35. The number of hydrogen-bond acceptors (Lipinski definition) is 7. The molecular formula is C19H27ClN4O3. The molecule has 2 aromatic rings. The van der Waals surface area contributed by atoms with Crippen molar-refractivity contribution in [1.82, 2.24) is 14.9 Å². The number of methoxy groups -OCH3 is 3. The Morgan fingerprint density at radius 2 is 1.63 bits per heavy atom. The number of benzene rings is 1. The third-order valence-electron chi connectivity index (χ3n) is 4.71. The summed E-state index contributed by atoms with van der Waals surface area (Å²) in [5.41, 5.74) is 1.13. The van der Waals surface area contributed by atoms with Crippen LogP contribution in [0.2, 0.25) is 0 Å². The Labute approximate surface area is 166 Å². The van der Waals surface area contributed by atoms with E-state index in [4.69, 9.17) is 14.2 Å². The molecule has 1 unspecified atom stereocenters. The number of anilines is 1. The maximum atomic E-state index is 5.46. The second kappa shape index (κ2) is 9.62. The summed E-state index contributed by atoms with van der Waals surface area (Å²) in [6, 6.07) is 6.25. The number of ether oxygens (including phenoxy) is 3. The van der Waals surface area contributed by atoms with Crippen LogP contribution in [0.3, 0.4) is 0 Å². The van der Waals surface area contributed by atoms with Gasteiger partial charge in [0.05, 0.1) is 21.3 Å². The van der Waals surface area contributed by atoms with Crippen LogP contribution in [0.1, 0.15) is 12.5 Å². The molecular weight excluding hydrogens is 368 g/mol. The number of halogens is 1. The molecule has 1 aliphatic heterocycles. The minimum atomic E-state index is 0. The smallest absolute Gasteiger partial charge is 0.225 e. The van der Waals surface area contributed by atoms with E-state index >= 15 is 0 Å². The number of rotatable bonds is 6. The van der Waals surface area contributed by atoms with Gasteiger partial charge in [-0.1, -0.05) is 0 Å². The third kappa shape index (κ3) is 4.73. The lowest BCUT2D eigenvalue weighted by molar-refractivity contribution is 0.179. The van der Waals surface area contributed by atoms with Crippen molar-refractivity contribution in [2.24, 2.45) is 0 Å². The Morgan fingerprint density at radius 1 is 1.00 bits per heavy atom. The van der Waals surface area contributed by atoms with Gasteiger partial charge in [-0.2, -0.15) is 0 Å². The van der Waals surface area contributed by atoms with Crippen molar-refractivity contribution in [2.75, 3.05) is 45.9 Å². The van der Waals surface area contributed by atoms with Gasteiger partial charge in [-0.05, 0) is 30.7 Å². The topological polar surface area (TPSA) is 60.0 Å². The van der Waals surface area contributed by atoms with Gasteiger partial charge < -0.3 is 19.1 Å². The van der Waals surface area contributed by atoms with E-state index in [-0.39, 0.29) is 12.4 Å². The Morgan fingerprint density at radius 3 is 2.15 bits per heavy atom. The highest BCUT2D eigenvalue weighted by Gasteiger charge is 2.25. The third-order valence-corrected chi connectivity index (χ3v) is 4.71. The van der Waals surface area contributed by atoms with Gasteiger partial charge in [0.2, 0.25) is 11.7 Å². The maximum Gasteiger partial charge on any atom is 0.225 e. The van der Waals surface area contributed by atoms with Crippen molar-refractivity contribution in [3.05, 3.63) is 36.2 Å². The first-order valence-corrected chi connectivity index (χ1v) is 8.71. The van der Waals surface area contributed by atoms with E-state index in [0.29, 0.717) is 23.3 Å².